The topological polar surface area (TPSA) is 65.2 Å². The Morgan fingerprint density at radius 1 is 1.62 bits per heavy atom. The van der Waals surface area contributed by atoms with E-state index in [4.69, 9.17) is 4.74 Å². The van der Waals surface area contributed by atoms with Crippen LogP contribution < -0.4 is 0 Å². The van der Waals surface area contributed by atoms with Crippen LogP contribution in [0.4, 0.5) is 0 Å². The number of ether oxygens (including phenoxy) is 1. The van der Waals surface area contributed by atoms with Crippen LogP contribution in [0, 0.1) is 0 Å². The second-order valence-corrected chi connectivity index (χ2v) is 3.01. The van der Waals surface area contributed by atoms with Gasteiger partial charge in [-0.1, -0.05) is 5.16 Å². The number of hydrogen-bond acceptors (Lipinski definition) is 5. The third kappa shape index (κ3) is 1.92. The van der Waals surface area contributed by atoms with Crippen molar-refractivity contribution in [3.63, 3.8) is 0 Å². The van der Waals surface area contributed by atoms with Gasteiger partial charge in [-0.25, -0.2) is 0 Å². The van der Waals surface area contributed by atoms with Gasteiger partial charge in [-0.2, -0.15) is 4.98 Å². The molecule has 0 bridgehead atoms. The average Bonchev–Trinajstić information content (AvgIpc) is 2.76. The van der Waals surface area contributed by atoms with Crippen LogP contribution in [0.25, 0.3) is 0 Å². The molecule has 0 N–H and O–H groups in total. The predicted octanol–water partition coefficient (Wildman–Crippen LogP) is 0.604. The molecule has 2 rings (SSSR count). The van der Waals surface area contributed by atoms with Gasteiger partial charge in [0.1, 0.15) is 0 Å². The highest BCUT2D eigenvalue weighted by atomic mass is 16.5. The van der Waals surface area contributed by atoms with Crippen molar-refractivity contribution in [2.75, 3.05) is 6.61 Å². The Hall–Kier alpha value is -1.23. The van der Waals surface area contributed by atoms with Gasteiger partial charge in [0, 0.05) is 13.0 Å². The number of carbonyl (C=O) groups is 1. The Labute approximate surface area is 75.1 Å². The summed E-state index contributed by atoms with van der Waals surface area (Å²) in [6, 6.07) is 0. The van der Waals surface area contributed by atoms with E-state index in [0.29, 0.717) is 18.5 Å². The first-order valence-electron chi connectivity index (χ1n) is 4.28. The number of aromatic nitrogens is 2. The van der Waals surface area contributed by atoms with Crippen molar-refractivity contribution in [2.24, 2.45) is 0 Å². The van der Waals surface area contributed by atoms with Crippen LogP contribution >= 0.6 is 0 Å². The number of carbonyl (C=O) groups excluding carboxylic acids is 1. The summed E-state index contributed by atoms with van der Waals surface area (Å²) in [4.78, 5) is 14.1. The molecular weight excluding hydrogens is 172 g/mol. The average molecular weight is 182 g/mol. The van der Waals surface area contributed by atoms with Crippen molar-refractivity contribution in [3.8, 4) is 0 Å². The molecule has 5 nitrogen and oxygen atoms in total. The fourth-order valence-corrected chi connectivity index (χ4v) is 1.41. The van der Waals surface area contributed by atoms with Gasteiger partial charge in [-0.05, 0) is 12.8 Å². The van der Waals surface area contributed by atoms with E-state index in [9.17, 15) is 4.79 Å². The van der Waals surface area contributed by atoms with Crippen molar-refractivity contribution >= 4 is 6.29 Å². The summed E-state index contributed by atoms with van der Waals surface area (Å²) in [5, 5.41) is 3.65. The Morgan fingerprint density at radius 2 is 2.54 bits per heavy atom. The van der Waals surface area contributed by atoms with Crippen molar-refractivity contribution in [3.05, 3.63) is 11.7 Å². The van der Waals surface area contributed by atoms with E-state index in [-0.39, 0.29) is 12.0 Å². The van der Waals surface area contributed by atoms with Crippen LogP contribution in [-0.4, -0.2) is 29.1 Å². The van der Waals surface area contributed by atoms with Crippen LogP contribution in [0.1, 0.15) is 29.4 Å². The van der Waals surface area contributed by atoms with Gasteiger partial charge in [0.15, 0.2) is 5.82 Å². The van der Waals surface area contributed by atoms with E-state index in [1.807, 2.05) is 0 Å². The fraction of sp³-hybridized carbons (Fsp3) is 0.625. The van der Waals surface area contributed by atoms with Gasteiger partial charge in [-0.15, -0.1) is 0 Å². The third-order valence-corrected chi connectivity index (χ3v) is 2.02. The van der Waals surface area contributed by atoms with Crippen molar-refractivity contribution in [1.29, 1.82) is 0 Å². The number of aldehydes is 1. The zero-order chi connectivity index (χ0) is 9.10. The molecule has 0 radical (unpaired) electrons. The van der Waals surface area contributed by atoms with Gasteiger partial charge >= 0.3 is 0 Å². The zero-order valence-corrected chi connectivity index (χ0v) is 7.10. The van der Waals surface area contributed by atoms with Crippen molar-refractivity contribution in [2.45, 2.75) is 25.4 Å². The van der Waals surface area contributed by atoms with Crippen LogP contribution in [0.3, 0.4) is 0 Å². The molecule has 0 aliphatic carbocycles. The SMILES string of the molecule is O=Cc1nc(CC2CCCO2)no1. The Bertz CT molecular complexity index is 291. The quantitative estimate of drug-likeness (QED) is 0.640. The van der Waals surface area contributed by atoms with Gasteiger partial charge in [0.25, 0.3) is 5.89 Å². The first kappa shape index (κ1) is 8.37. The molecule has 0 spiro atoms. The van der Waals surface area contributed by atoms with E-state index in [2.05, 4.69) is 14.7 Å². The normalized spacial score (nSPS) is 22.0. The molecule has 1 aliphatic rings. The lowest BCUT2D eigenvalue weighted by molar-refractivity contribution is 0.108. The van der Waals surface area contributed by atoms with Crippen LogP contribution in [0.2, 0.25) is 0 Å². The number of rotatable bonds is 3. The van der Waals surface area contributed by atoms with E-state index >= 15 is 0 Å². The summed E-state index contributed by atoms with van der Waals surface area (Å²) >= 11 is 0. The monoisotopic (exact) mass is 182 g/mol. The molecule has 1 aromatic heterocycles. The van der Waals surface area contributed by atoms with Crippen LogP contribution in [0.5, 0.6) is 0 Å². The molecule has 0 aromatic carbocycles. The molecule has 1 fully saturated rings. The van der Waals surface area contributed by atoms with Gasteiger partial charge < -0.3 is 9.26 Å². The Morgan fingerprint density at radius 3 is 3.15 bits per heavy atom. The molecule has 1 saturated heterocycles. The maximum absolute atomic E-state index is 10.2. The maximum atomic E-state index is 10.2. The molecule has 70 valence electrons. The lowest BCUT2D eigenvalue weighted by Crippen LogP contribution is -2.09. The minimum atomic E-state index is 0.0352. The minimum absolute atomic E-state index is 0.0352. The standard InChI is InChI=1S/C8H10N2O3/c11-5-8-9-7(10-13-8)4-6-2-1-3-12-6/h5-6H,1-4H2. The largest absolute Gasteiger partial charge is 0.378 e. The number of nitrogens with zero attached hydrogens (tertiary/aromatic N) is 2. The summed E-state index contributed by atoms with van der Waals surface area (Å²) in [5.74, 6) is 0.585. The summed E-state index contributed by atoms with van der Waals surface area (Å²) in [5.41, 5.74) is 0. The fourth-order valence-electron chi connectivity index (χ4n) is 1.41. The highest BCUT2D eigenvalue weighted by molar-refractivity contribution is 5.66. The lowest BCUT2D eigenvalue weighted by atomic mass is 10.2. The van der Waals surface area contributed by atoms with Gasteiger partial charge in [-0.3, -0.25) is 4.79 Å². The summed E-state index contributed by atoms with van der Waals surface area (Å²) in [6.07, 6.45) is 3.49. The van der Waals surface area contributed by atoms with Gasteiger partial charge in [0.2, 0.25) is 6.29 Å². The van der Waals surface area contributed by atoms with E-state index in [0.717, 1.165) is 19.4 Å². The summed E-state index contributed by atoms with van der Waals surface area (Å²) in [7, 11) is 0. The van der Waals surface area contributed by atoms with Gasteiger partial charge in [0.05, 0.1) is 6.10 Å². The highest BCUT2D eigenvalue weighted by Crippen LogP contribution is 2.15. The molecule has 2 heterocycles. The molecule has 0 saturated carbocycles. The smallest absolute Gasteiger partial charge is 0.290 e. The molecule has 5 heteroatoms. The number of hydrogen-bond donors (Lipinski definition) is 0. The van der Waals surface area contributed by atoms with Crippen molar-refractivity contribution < 1.29 is 14.1 Å². The molecule has 1 aliphatic heterocycles. The second kappa shape index (κ2) is 3.66. The van der Waals surface area contributed by atoms with Crippen LogP contribution in [0.15, 0.2) is 4.52 Å². The summed E-state index contributed by atoms with van der Waals surface area (Å²) in [6.45, 7) is 0.809. The molecule has 13 heavy (non-hydrogen) atoms. The maximum Gasteiger partial charge on any atom is 0.290 e. The molecule has 1 unspecified atom stereocenters. The first-order valence-corrected chi connectivity index (χ1v) is 4.28. The molecule has 1 aromatic rings. The summed E-state index contributed by atoms with van der Waals surface area (Å²) < 4.78 is 10.0. The Kier molecular flexibility index (Phi) is 2.35. The minimum Gasteiger partial charge on any atom is -0.378 e. The highest BCUT2D eigenvalue weighted by Gasteiger charge is 2.18. The molecular formula is C8H10N2O3. The zero-order valence-electron chi connectivity index (χ0n) is 7.10. The van der Waals surface area contributed by atoms with Crippen LogP contribution in [-0.2, 0) is 11.2 Å². The van der Waals surface area contributed by atoms with E-state index < -0.39 is 0 Å². The van der Waals surface area contributed by atoms with Crippen molar-refractivity contribution in [1.82, 2.24) is 10.1 Å². The first-order chi connectivity index (χ1) is 6.38. The van der Waals surface area contributed by atoms with E-state index in [1.54, 1.807) is 0 Å². The lowest BCUT2D eigenvalue weighted by Gasteiger charge is -2.03. The molecule has 0 amide bonds. The van der Waals surface area contributed by atoms with E-state index in [1.165, 1.54) is 0 Å². The Balaban J connectivity index is 1.96. The molecule has 1 atom stereocenters. The predicted molar refractivity (Wildman–Crippen MR) is 42.4 cm³/mol. The second-order valence-electron chi connectivity index (χ2n) is 3.01. The third-order valence-electron chi connectivity index (χ3n) is 2.02.